The molecule has 0 amide bonds. The Bertz CT molecular complexity index is 817. The van der Waals surface area contributed by atoms with Crippen LogP contribution >= 0.6 is 0 Å². The summed E-state index contributed by atoms with van der Waals surface area (Å²) in [4.78, 5) is 24.6. The molecule has 0 bridgehead atoms. The van der Waals surface area contributed by atoms with Gasteiger partial charge in [0, 0.05) is 5.56 Å². The second kappa shape index (κ2) is 11.2. The van der Waals surface area contributed by atoms with Crippen molar-refractivity contribution in [3.8, 4) is 0 Å². The molecule has 170 valence electrons. The van der Waals surface area contributed by atoms with Gasteiger partial charge in [-0.05, 0) is 61.2 Å². The van der Waals surface area contributed by atoms with Crippen LogP contribution in [0.15, 0.2) is 59.0 Å². The number of carbonyl (C=O) groups excluding carboxylic acids is 2. The minimum Gasteiger partial charge on any atom is -0.472 e. The molecule has 1 aliphatic carbocycles. The summed E-state index contributed by atoms with van der Waals surface area (Å²) >= 11 is 0. The Kier molecular flexibility index (Phi) is 8.90. The Morgan fingerprint density at radius 3 is 2.74 bits per heavy atom. The number of ether oxygens (including phenoxy) is 2. The molecular weight excluding hydrogens is 392 g/mol. The molecule has 0 unspecified atom stereocenters. The van der Waals surface area contributed by atoms with E-state index in [2.05, 4.69) is 26.5 Å². The first-order valence-corrected chi connectivity index (χ1v) is 11.1. The van der Waals surface area contributed by atoms with Crippen LogP contribution < -0.4 is 0 Å². The molecule has 5 heteroatoms. The summed E-state index contributed by atoms with van der Waals surface area (Å²) < 4.78 is 16.1. The Labute approximate surface area is 186 Å². The van der Waals surface area contributed by atoms with E-state index in [9.17, 15) is 9.59 Å². The Balaban J connectivity index is 2.29. The zero-order chi connectivity index (χ0) is 23.0. The molecule has 0 saturated heterocycles. The molecule has 1 aromatic rings. The SMILES string of the molecule is C=C1CC[C@@H](C)[C@](C)(C[C@@H](OC(=O)[C@H](C)CC)c2ccoc2)C/C=C\C=C/1C(=O)OC. The number of hydrogen-bond acceptors (Lipinski definition) is 5. The van der Waals surface area contributed by atoms with Gasteiger partial charge in [0.05, 0.1) is 31.1 Å². The van der Waals surface area contributed by atoms with Gasteiger partial charge in [0.25, 0.3) is 0 Å². The van der Waals surface area contributed by atoms with Crippen LogP contribution in [-0.4, -0.2) is 19.0 Å². The van der Waals surface area contributed by atoms with Crippen LogP contribution in [0.5, 0.6) is 0 Å². The van der Waals surface area contributed by atoms with Crippen molar-refractivity contribution in [1.82, 2.24) is 0 Å². The second-order valence-electron chi connectivity index (χ2n) is 8.90. The molecule has 4 atom stereocenters. The van der Waals surface area contributed by atoms with Crippen LogP contribution in [0.1, 0.15) is 71.5 Å². The highest BCUT2D eigenvalue weighted by Crippen LogP contribution is 2.44. The first-order chi connectivity index (χ1) is 14.7. The minimum atomic E-state index is -0.367. The van der Waals surface area contributed by atoms with Crippen molar-refractivity contribution in [2.45, 2.75) is 65.9 Å². The first kappa shape index (κ1) is 24.7. The molecule has 0 spiro atoms. The number of methoxy groups -OCH3 is 1. The fourth-order valence-corrected chi connectivity index (χ4v) is 3.83. The van der Waals surface area contributed by atoms with Gasteiger partial charge in [0.1, 0.15) is 6.10 Å². The zero-order valence-electron chi connectivity index (χ0n) is 19.5. The molecule has 31 heavy (non-hydrogen) atoms. The fraction of sp³-hybridized carbons (Fsp3) is 0.538. The summed E-state index contributed by atoms with van der Waals surface area (Å²) in [5, 5.41) is 0. The predicted molar refractivity (Wildman–Crippen MR) is 121 cm³/mol. The number of furan rings is 1. The average molecular weight is 429 g/mol. The standard InChI is InChI=1S/C26H36O5/c1-7-18(2)24(27)31-23(21-13-15-30-17-21)16-26(5)14-9-8-10-22(25(28)29-6)19(3)11-12-20(26)4/h8-10,13,15,17-18,20,23H,3,7,11-12,14,16H2,1-2,4-6H3/b9-8-,22-10+/t18-,20-,23-,26+/m1/s1. The number of rotatable bonds is 7. The van der Waals surface area contributed by atoms with E-state index in [0.717, 1.165) is 30.4 Å². The van der Waals surface area contributed by atoms with E-state index in [1.165, 1.54) is 7.11 Å². The van der Waals surface area contributed by atoms with Crippen molar-refractivity contribution in [3.05, 3.63) is 60.1 Å². The van der Waals surface area contributed by atoms with Gasteiger partial charge in [-0.1, -0.05) is 46.4 Å². The maximum absolute atomic E-state index is 12.6. The zero-order valence-corrected chi connectivity index (χ0v) is 19.5. The molecule has 0 fully saturated rings. The van der Waals surface area contributed by atoms with Gasteiger partial charge in [-0.3, -0.25) is 4.79 Å². The van der Waals surface area contributed by atoms with Gasteiger partial charge in [0.2, 0.25) is 0 Å². The lowest BCUT2D eigenvalue weighted by molar-refractivity contribution is -0.156. The average Bonchev–Trinajstić information content (AvgIpc) is 3.30. The lowest BCUT2D eigenvalue weighted by Crippen LogP contribution is -2.30. The number of hydrogen-bond donors (Lipinski definition) is 0. The Morgan fingerprint density at radius 2 is 2.13 bits per heavy atom. The third-order valence-corrected chi connectivity index (χ3v) is 6.68. The second-order valence-corrected chi connectivity index (χ2v) is 8.90. The van der Waals surface area contributed by atoms with Crippen LogP contribution in [0.4, 0.5) is 0 Å². The molecular formula is C26H36O5. The third-order valence-electron chi connectivity index (χ3n) is 6.68. The summed E-state index contributed by atoms with van der Waals surface area (Å²) in [5.41, 5.74) is 2.06. The third kappa shape index (κ3) is 6.46. The summed E-state index contributed by atoms with van der Waals surface area (Å²) in [6.45, 7) is 12.4. The maximum atomic E-state index is 12.6. The smallest absolute Gasteiger partial charge is 0.338 e. The molecule has 1 heterocycles. The van der Waals surface area contributed by atoms with Crippen molar-refractivity contribution in [1.29, 1.82) is 0 Å². The van der Waals surface area contributed by atoms with Crippen molar-refractivity contribution in [3.63, 3.8) is 0 Å². The van der Waals surface area contributed by atoms with Crippen LogP contribution in [0.25, 0.3) is 0 Å². The molecule has 0 saturated carbocycles. The number of esters is 2. The van der Waals surface area contributed by atoms with Gasteiger partial charge >= 0.3 is 11.9 Å². The van der Waals surface area contributed by atoms with Gasteiger partial charge < -0.3 is 13.9 Å². The normalized spacial score (nSPS) is 26.8. The topological polar surface area (TPSA) is 65.7 Å². The van der Waals surface area contributed by atoms with E-state index >= 15 is 0 Å². The minimum absolute atomic E-state index is 0.120. The highest BCUT2D eigenvalue weighted by Gasteiger charge is 2.36. The highest BCUT2D eigenvalue weighted by molar-refractivity contribution is 5.93. The first-order valence-electron chi connectivity index (χ1n) is 11.1. The van der Waals surface area contributed by atoms with E-state index < -0.39 is 0 Å². The number of carbonyl (C=O) groups is 2. The van der Waals surface area contributed by atoms with Crippen LogP contribution in [0.2, 0.25) is 0 Å². The van der Waals surface area contributed by atoms with Crippen LogP contribution in [0.3, 0.4) is 0 Å². The van der Waals surface area contributed by atoms with Gasteiger partial charge in [-0.15, -0.1) is 0 Å². The molecule has 0 aromatic carbocycles. The summed E-state index contributed by atoms with van der Waals surface area (Å²) in [6.07, 6.45) is 12.4. The molecule has 1 aromatic heterocycles. The molecule has 1 aliphatic rings. The quantitative estimate of drug-likeness (QED) is 0.474. The van der Waals surface area contributed by atoms with Gasteiger partial charge in [0.15, 0.2) is 0 Å². The van der Waals surface area contributed by atoms with Crippen molar-refractivity contribution in [2.75, 3.05) is 7.11 Å². The monoisotopic (exact) mass is 428 g/mol. The number of allylic oxidation sites excluding steroid dienone is 3. The molecule has 0 N–H and O–H groups in total. The van der Waals surface area contributed by atoms with Gasteiger partial charge in [-0.2, -0.15) is 0 Å². The van der Waals surface area contributed by atoms with Gasteiger partial charge in [-0.25, -0.2) is 4.79 Å². The largest absolute Gasteiger partial charge is 0.472 e. The van der Waals surface area contributed by atoms with Crippen LogP contribution in [-0.2, 0) is 19.1 Å². The van der Waals surface area contributed by atoms with E-state index in [4.69, 9.17) is 13.9 Å². The van der Waals surface area contributed by atoms with Crippen molar-refractivity contribution >= 4 is 11.9 Å². The van der Waals surface area contributed by atoms with E-state index in [1.54, 1.807) is 18.6 Å². The predicted octanol–water partition coefficient (Wildman–Crippen LogP) is 6.34. The summed E-state index contributed by atoms with van der Waals surface area (Å²) in [7, 11) is 1.38. The molecule has 0 radical (unpaired) electrons. The molecule has 5 nitrogen and oxygen atoms in total. The Hall–Kier alpha value is -2.56. The highest BCUT2D eigenvalue weighted by atomic mass is 16.5. The summed E-state index contributed by atoms with van der Waals surface area (Å²) in [5.74, 6) is -0.376. The van der Waals surface area contributed by atoms with Crippen molar-refractivity contribution < 1.29 is 23.5 Å². The fourth-order valence-electron chi connectivity index (χ4n) is 3.83. The Morgan fingerprint density at radius 1 is 1.39 bits per heavy atom. The lowest BCUT2D eigenvalue weighted by atomic mass is 9.68. The maximum Gasteiger partial charge on any atom is 0.338 e. The summed E-state index contributed by atoms with van der Waals surface area (Å²) in [6, 6.07) is 1.87. The van der Waals surface area contributed by atoms with E-state index in [-0.39, 0.29) is 29.4 Å². The molecule has 0 aliphatic heterocycles. The van der Waals surface area contributed by atoms with E-state index in [1.807, 2.05) is 26.0 Å². The lowest BCUT2D eigenvalue weighted by Gasteiger charge is -2.38. The van der Waals surface area contributed by atoms with Crippen molar-refractivity contribution in [2.24, 2.45) is 17.3 Å². The molecule has 2 rings (SSSR count). The van der Waals surface area contributed by atoms with Crippen LogP contribution in [0, 0.1) is 17.3 Å². The van der Waals surface area contributed by atoms with E-state index in [0.29, 0.717) is 24.3 Å².